The van der Waals surface area contributed by atoms with E-state index in [0.717, 1.165) is 70.2 Å². The molecule has 0 spiro atoms. The molecule has 1 amide bonds. The van der Waals surface area contributed by atoms with Crippen LogP contribution in [-0.4, -0.2) is 64.9 Å². The van der Waals surface area contributed by atoms with Gasteiger partial charge in [0.05, 0.1) is 16.3 Å². The molecule has 4 heterocycles. The third-order valence-electron chi connectivity index (χ3n) is 5.94. The van der Waals surface area contributed by atoms with Gasteiger partial charge in [-0.05, 0) is 43.0 Å². The lowest BCUT2D eigenvalue weighted by Crippen LogP contribution is -2.46. The Labute approximate surface area is 177 Å². The van der Waals surface area contributed by atoms with Crippen LogP contribution in [0.15, 0.2) is 36.7 Å². The van der Waals surface area contributed by atoms with Crippen LogP contribution in [0.2, 0.25) is 5.02 Å². The summed E-state index contributed by atoms with van der Waals surface area (Å²) >= 11 is 5.91. The zero-order chi connectivity index (χ0) is 20.2. The maximum absolute atomic E-state index is 12.7. The number of halogens is 1. The smallest absolute Gasteiger partial charge is 0.255 e. The van der Waals surface area contributed by atoms with Crippen molar-refractivity contribution in [2.24, 2.45) is 5.92 Å². The van der Waals surface area contributed by atoms with E-state index < -0.39 is 0 Å². The van der Waals surface area contributed by atoms with Gasteiger partial charge in [0.1, 0.15) is 5.82 Å². The third-order valence-corrected chi connectivity index (χ3v) is 6.16. The highest BCUT2D eigenvalue weighted by Crippen LogP contribution is 2.20. The number of hydrogen-bond donors (Lipinski definition) is 0. The number of likely N-dealkylation sites (tertiary alicyclic amines) is 1. The van der Waals surface area contributed by atoms with Crippen LogP contribution in [0.3, 0.4) is 0 Å². The van der Waals surface area contributed by atoms with Crippen molar-refractivity contribution >= 4 is 23.3 Å². The van der Waals surface area contributed by atoms with Crippen molar-refractivity contribution in [3.05, 3.63) is 52.9 Å². The summed E-state index contributed by atoms with van der Waals surface area (Å²) < 4.78 is 0. The number of carbonyl (C=O) groups is 1. The molecule has 4 rings (SSSR count). The second kappa shape index (κ2) is 9.09. The van der Waals surface area contributed by atoms with Crippen LogP contribution in [-0.2, 0) is 6.54 Å². The van der Waals surface area contributed by atoms with E-state index in [-0.39, 0.29) is 5.91 Å². The number of amides is 1. The number of carbonyl (C=O) groups excluding carboxylic acids is 1. The quantitative estimate of drug-likeness (QED) is 0.769. The lowest BCUT2D eigenvalue weighted by molar-refractivity contribution is 0.0697. The van der Waals surface area contributed by atoms with Crippen LogP contribution in [0.1, 0.15) is 35.8 Å². The highest BCUT2D eigenvalue weighted by molar-refractivity contribution is 6.30. The van der Waals surface area contributed by atoms with Gasteiger partial charge in [-0.3, -0.25) is 14.7 Å². The SMILES string of the molecule is CC1CCN(C(=O)c2ccc(N3CCN(Cc4ccc(Cl)cn4)CC3)nc2)CC1. The van der Waals surface area contributed by atoms with Gasteiger partial charge in [-0.15, -0.1) is 0 Å². The fourth-order valence-corrected chi connectivity index (χ4v) is 4.07. The van der Waals surface area contributed by atoms with Crippen LogP contribution < -0.4 is 4.90 Å². The molecular weight excluding hydrogens is 386 g/mol. The van der Waals surface area contributed by atoms with Crippen LogP contribution in [0.25, 0.3) is 0 Å². The van der Waals surface area contributed by atoms with Crippen LogP contribution in [0.4, 0.5) is 5.82 Å². The minimum absolute atomic E-state index is 0.108. The number of aromatic nitrogens is 2. The molecule has 2 saturated heterocycles. The molecule has 0 radical (unpaired) electrons. The number of hydrogen-bond acceptors (Lipinski definition) is 5. The molecule has 7 heteroatoms. The second-order valence-electron chi connectivity index (χ2n) is 8.11. The summed E-state index contributed by atoms with van der Waals surface area (Å²) in [7, 11) is 0. The van der Waals surface area contributed by atoms with Crippen molar-refractivity contribution < 1.29 is 4.79 Å². The Bertz CT molecular complexity index is 810. The Balaban J connectivity index is 1.29. The van der Waals surface area contributed by atoms with E-state index in [0.29, 0.717) is 16.5 Å². The first-order chi connectivity index (χ1) is 14.1. The number of piperidine rings is 1. The predicted octanol–water partition coefficient (Wildman–Crippen LogP) is 3.32. The van der Waals surface area contributed by atoms with Gasteiger partial charge in [-0.1, -0.05) is 18.5 Å². The molecule has 0 aliphatic carbocycles. The van der Waals surface area contributed by atoms with E-state index in [4.69, 9.17) is 11.6 Å². The van der Waals surface area contributed by atoms with Gasteiger partial charge in [0.15, 0.2) is 0 Å². The van der Waals surface area contributed by atoms with Gasteiger partial charge in [-0.2, -0.15) is 0 Å². The molecule has 154 valence electrons. The van der Waals surface area contributed by atoms with E-state index in [1.54, 1.807) is 12.4 Å². The summed E-state index contributed by atoms with van der Waals surface area (Å²) in [5.74, 6) is 1.77. The number of pyridine rings is 2. The summed E-state index contributed by atoms with van der Waals surface area (Å²) in [6, 6.07) is 7.77. The first-order valence-corrected chi connectivity index (χ1v) is 10.8. The molecule has 0 N–H and O–H groups in total. The number of piperazine rings is 1. The standard InChI is InChI=1S/C22H28ClN5O/c1-17-6-8-28(9-7-17)22(29)18-2-5-21(25-14-18)27-12-10-26(11-13-27)16-20-4-3-19(23)15-24-20/h2-5,14-15,17H,6-13,16H2,1H3. The molecule has 0 saturated carbocycles. The van der Waals surface area contributed by atoms with Crippen LogP contribution in [0, 0.1) is 5.92 Å². The molecule has 2 aromatic rings. The average Bonchev–Trinajstić information content (AvgIpc) is 2.76. The van der Waals surface area contributed by atoms with E-state index in [1.807, 2.05) is 29.2 Å². The zero-order valence-electron chi connectivity index (χ0n) is 16.9. The first kappa shape index (κ1) is 20.1. The maximum Gasteiger partial charge on any atom is 0.255 e. The van der Waals surface area contributed by atoms with Crippen molar-refractivity contribution in [1.82, 2.24) is 19.8 Å². The number of nitrogens with zero attached hydrogens (tertiary/aromatic N) is 5. The minimum atomic E-state index is 0.108. The van der Waals surface area contributed by atoms with Crippen molar-refractivity contribution in [3.8, 4) is 0 Å². The van der Waals surface area contributed by atoms with Gasteiger partial charge in [0.25, 0.3) is 5.91 Å². The predicted molar refractivity (Wildman–Crippen MR) is 115 cm³/mol. The fourth-order valence-electron chi connectivity index (χ4n) is 3.96. The summed E-state index contributed by atoms with van der Waals surface area (Å²) in [6.45, 7) is 8.54. The Morgan fingerprint density at radius 3 is 2.38 bits per heavy atom. The van der Waals surface area contributed by atoms with E-state index in [2.05, 4.69) is 26.7 Å². The molecule has 0 bridgehead atoms. The normalized spacial score (nSPS) is 18.8. The topological polar surface area (TPSA) is 52.6 Å². The highest BCUT2D eigenvalue weighted by atomic mass is 35.5. The van der Waals surface area contributed by atoms with Crippen molar-refractivity contribution in [1.29, 1.82) is 0 Å². The molecule has 0 aromatic carbocycles. The largest absolute Gasteiger partial charge is 0.354 e. The van der Waals surface area contributed by atoms with Crippen LogP contribution in [0.5, 0.6) is 0 Å². The monoisotopic (exact) mass is 413 g/mol. The molecular formula is C22H28ClN5O. The van der Waals surface area contributed by atoms with Gasteiger partial charge in [0.2, 0.25) is 0 Å². The molecule has 2 aromatic heterocycles. The molecule has 6 nitrogen and oxygen atoms in total. The van der Waals surface area contributed by atoms with E-state index in [9.17, 15) is 4.79 Å². The lowest BCUT2D eigenvalue weighted by Gasteiger charge is -2.35. The molecule has 2 aliphatic rings. The highest BCUT2D eigenvalue weighted by Gasteiger charge is 2.23. The van der Waals surface area contributed by atoms with Crippen molar-refractivity contribution in [2.45, 2.75) is 26.3 Å². The maximum atomic E-state index is 12.7. The summed E-state index contributed by atoms with van der Waals surface area (Å²) in [5.41, 5.74) is 1.73. The number of anilines is 1. The second-order valence-corrected chi connectivity index (χ2v) is 8.55. The summed E-state index contributed by atoms with van der Waals surface area (Å²) in [4.78, 5) is 28.3. The lowest BCUT2D eigenvalue weighted by atomic mass is 9.99. The van der Waals surface area contributed by atoms with Gasteiger partial charge in [-0.25, -0.2) is 4.98 Å². The Morgan fingerprint density at radius 2 is 1.76 bits per heavy atom. The fraction of sp³-hybridized carbons (Fsp3) is 0.500. The van der Waals surface area contributed by atoms with Crippen molar-refractivity contribution in [3.63, 3.8) is 0 Å². The average molecular weight is 414 g/mol. The molecule has 29 heavy (non-hydrogen) atoms. The minimum Gasteiger partial charge on any atom is -0.354 e. The Morgan fingerprint density at radius 1 is 1.00 bits per heavy atom. The van der Waals surface area contributed by atoms with Gasteiger partial charge >= 0.3 is 0 Å². The first-order valence-electron chi connectivity index (χ1n) is 10.4. The van der Waals surface area contributed by atoms with Crippen molar-refractivity contribution in [2.75, 3.05) is 44.2 Å². The third kappa shape index (κ3) is 5.06. The number of rotatable bonds is 4. The Kier molecular flexibility index (Phi) is 6.31. The molecule has 0 unspecified atom stereocenters. The Hall–Kier alpha value is -2.18. The van der Waals surface area contributed by atoms with Gasteiger partial charge < -0.3 is 9.80 Å². The summed E-state index contributed by atoms with van der Waals surface area (Å²) in [6.07, 6.45) is 5.62. The summed E-state index contributed by atoms with van der Waals surface area (Å²) in [5, 5.41) is 0.668. The van der Waals surface area contributed by atoms with E-state index in [1.165, 1.54) is 0 Å². The molecule has 2 fully saturated rings. The molecule has 0 atom stereocenters. The van der Waals surface area contributed by atoms with Gasteiger partial charge in [0, 0.05) is 58.2 Å². The van der Waals surface area contributed by atoms with E-state index >= 15 is 0 Å². The van der Waals surface area contributed by atoms with Crippen LogP contribution >= 0.6 is 11.6 Å². The molecule has 2 aliphatic heterocycles. The zero-order valence-corrected chi connectivity index (χ0v) is 17.7.